The first-order valence-electron chi connectivity index (χ1n) is 5.99. The van der Waals surface area contributed by atoms with Crippen LogP contribution in [0.3, 0.4) is 0 Å². The first-order valence-corrected chi connectivity index (χ1v) is 5.99. The van der Waals surface area contributed by atoms with Crippen molar-refractivity contribution in [2.24, 2.45) is 5.84 Å². The lowest BCUT2D eigenvalue weighted by molar-refractivity contribution is -0.0531. The zero-order valence-corrected chi connectivity index (χ0v) is 10.1. The maximum atomic E-state index is 9.99. The van der Waals surface area contributed by atoms with E-state index >= 15 is 0 Å². The third-order valence-corrected chi connectivity index (χ3v) is 3.46. The SMILES string of the molecule is NN1C=Cc2c(ncn2[C@H]2O[C@@H](CO)[C@H](O)[C@@H]2O)C1. The Labute approximate surface area is 109 Å². The van der Waals surface area contributed by atoms with Crippen LogP contribution in [0, 0.1) is 0 Å². The van der Waals surface area contributed by atoms with Crippen LogP contribution < -0.4 is 5.84 Å². The number of aromatic nitrogens is 2. The molecule has 0 aromatic carbocycles. The molecule has 3 heterocycles. The van der Waals surface area contributed by atoms with Crippen LogP contribution in [-0.4, -0.2) is 54.8 Å². The molecule has 5 N–H and O–H groups in total. The lowest BCUT2D eigenvalue weighted by Crippen LogP contribution is -2.33. The molecule has 1 saturated heterocycles. The van der Waals surface area contributed by atoms with Crippen LogP contribution in [0.15, 0.2) is 12.5 Å². The number of imidazole rings is 1. The van der Waals surface area contributed by atoms with Crippen molar-refractivity contribution in [2.75, 3.05) is 6.61 Å². The molecule has 8 heteroatoms. The van der Waals surface area contributed by atoms with Gasteiger partial charge in [0.2, 0.25) is 0 Å². The van der Waals surface area contributed by atoms with Gasteiger partial charge in [-0.15, -0.1) is 0 Å². The molecular formula is C11H16N4O4. The Morgan fingerprint density at radius 2 is 2.21 bits per heavy atom. The third kappa shape index (κ3) is 1.94. The van der Waals surface area contributed by atoms with Crippen molar-refractivity contribution in [2.45, 2.75) is 31.1 Å². The van der Waals surface area contributed by atoms with Crippen molar-refractivity contribution in [1.82, 2.24) is 14.6 Å². The standard InChI is InChI=1S/C11H16N4O4/c12-14-2-1-7-6(3-14)13-5-15(7)11-10(18)9(17)8(4-16)19-11/h1-2,5,8-11,16-18H,3-4,12H2/t8-,9-,10-,11-/m0/s1. The van der Waals surface area contributed by atoms with Gasteiger partial charge >= 0.3 is 0 Å². The summed E-state index contributed by atoms with van der Waals surface area (Å²) in [5.41, 5.74) is 1.54. The third-order valence-electron chi connectivity index (χ3n) is 3.46. The first-order chi connectivity index (χ1) is 9.11. The first kappa shape index (κ1) is 12.6. The van der Waals surface area contributed by atoms with Crippen LogP contribution in [0.5, 0.6) is 0 Å². The van der Waals surface area contributed by atoms with Crippen LogP contribution in [0.25, 0.3) is 6.08 Å². The maximum Gasteiger partial charge on any atom is 0.164 e. The minimum absolute atomic E-state index is 0.349. The molecule has 2 aliphatic rings. The van der Waals surface area contributed by atoms with Gasteiger partial charge in [0.15, 0.2) is 6.23 Å². The Balaban J connectivity index is 1.91. The predicted octanol–water partition coefficient (Wildman–Crippen LogP) is -1.85. The fourth-order valence-corrected chi connectivity index (χ4v) is 2.42. The summed E-state index contributed by atoms with van der Waals surface area (Å²) in [5.74, 6) is 5.65. The Kier molecular flexibility index (Phi) is 3.03. The average molecular weight is 268 g/mol. The topological polar surface area (TPSA) is 117 Å². The summed E-state index contributed by atoms with van der Waals surface area (Å²) in [5, 5.41) is 30.3. The Hall–Kier alpha value is -1.45. The molecule has 0 spiro atoms. The van der Waals surface area contributed by atoms with Gasteiger partial charge in [0.05, 0.1) is 30.9 Å². The quantitative estimate of drug-likeness (QED) is 0.465. The monoisotopic (exact) mass is 268 g/mol. The second-order valence-electron chi connectivity index (χ2n) is 4.70. The Morgan fingerprint density at radius 3 is 2.89 bits per heavy atom. The van der Waals surface area contributed by atoms with E-state index in [1.807, 2.05) is 0 Å². The molecule has 0 bridgehead atoms. The summed E-state index contributed by atoms with van der Waals surface area (Å²) < 4.78 is 7.11. The fraction of sp³-hybridized carbons (Fsp3) is 0.545. The molecule has 19 heavy (non-hydrogen) atoms. The molecule has 0 saturated carbocycles. The lowest BCUT2D eigenvalue weighted by atomic mass is 10.1. The molecule has 2 aliphatic heterocycles. The number of aliphatic hydroxyl groups excluding tert-OH is 3. The number of aliphatic hydroxyl groups is 3. The largest absolute Gasteiger partial charge is 0.394 e. The molecule has 1 aromatic heterocycles. The summed E-state index contributed by atoms with van der Waals surface area (Å²) in [6, 6.07) is 0. The summed E-state index contributed by atoms with van der Waals surface area (Å²) in [4.78, 5) is 4.22. The molecule has 1 aromatic rings. The number of rotatable bonds is 2. The number of fused-ring (bicyclic) bond motifs is 1. The van der Waals surface area contributed by atoms with E-state index in [1.165, 1.54) is 11.3 Å². The number of nitrogens with zero attached hydrogens (tertiary/aromatic N) is 3. The van der Waals surface area contributed by atoms with Crippen LogP contribution in [-0.2, 0) is 11.3 Å². The van der Waals surface area contributed by atoms with E-state index in [1.54, 1.807) is 16.8 Å². The van der Waals surface area contributed by atoms with Crippen LogP contribution in [0.1, 0.15) is 17.6 Å². The Bertz CT molecular complexity index is 503. The lowest BCUT2D eigenvalue weighted by Gasteiger charge is -2.21. The highest BCUT2D eigenvalue weighted by molar-refractivity contribution is 5.50. The zero-order chi connectivity index (χ0) is 13.6. The maximum absolute atomic E-state index is 9.99. The van der Waals surface area contributed by atoms with Crippen molar-refractivity contribution in [3.8, 4) is 0 Å². The predicted molar refractivity (Wildman–Crippen MR) is 64.0 cm³/mol. The van der Waals surface area contributed by atoms with Crippen LogP contribution in [0.2, 0.25) is 0 Å². The van der Waals surface area contributed by atoms with Crippen molar-refractivity contribution < 1.29 is 20.1 Å². The van der Waals surface area contributed by atoms with Gasteiger partial charge in [-0.2, -0.15) is 0 Å². The van der Waals surface area contributed by atoms with Gasteiger partial charge in [-0.3, -0.25) is 0 Å². The summed E-state index contributed by atoms with van der Waals surface area (Å²) in [6.07, 6.45) is 1.21. The summed E-state index contributed by atoms with van der Waals surface area (Å²) >= 11 is 0. The van der Waals surface area contributed by atoms with Gasteiger partial charge in [-0.05, 0) is 6.08 Å². The molecule has 3 rings (SSSR count). The molecule has 8 nitrogen and oxygen atoms in total. The molecule has 0 aliphatic carbocycles. The van der Waals surface area contributed by atoms with Gasteiger partial charge < -0.3 is 29.6 Å². The molecule has 0 unspecified atom stereocenters. The van der Waals surface area contributed by atoms with Crippen LogP contribution in [0.4, 0.5) is 0 Å². The number of hydrazine groups is 1. The molecule has 0 amide bonds. The number of hydrogen-bond donors (Lipinski definition) is 4. The molecule has 4 atom stereocenters. The molecule has 1 fully saturated rings. The van der Waals surface area contributed by atoms with E-state index in [0.29, 0.717) is 6.54 Å². The van der Waals surface area contributed by atoms with E-state index < -0.39 is 24.5 Å². The van der Waals surface area contributed by atoms with E-state index in [4.69, 9.17) is 15.7 Å². The summed E-state index contributed by atoms with van der Waals surface area (Å²) in [7, 11) is 0. The highest BCUT2D eigenvalue weighted by atomic mass is 16.6. The molecule has 0 radical (unpaired) electrons. The molecule has 104 valence electrons. The summed E-state index contributed by atoms with van der Waals surface area (Å²) in [6.45, 7) is 0.117. The van der Waals surface area contributed by atoms with E-state index in [0.717, 1.165) is 11.4 Å². The van der Waals surface area contributed by atoms with Crippen molar-refractivity contribution in [3.05, 3.63) is 23.9 Å². The minimum Gasteiger partial charge on any atom is -0.394 e. The zero-order valence-electron chi connectivity index (χ0n) is 10.1. The van der Waals surface area contributed by atoms with Crippen molar-refractivity contribution in [3.63, 3.8) is 0 Å². The van der Waals surface area contributed by atoms with Gasteiger partial charge in [-0.1, -0.05) is 0 Å². The normalized spacial score (nSPS) is 33.8. The number of ether oxygens (including phenoxy) is 1. The van der Waals surface area contributed by atoms with Gasteiger partial charge in [-0.25, -0.2) is 10.8 Å². The molecular weight excluding hydrogens is 252 g/mol. The van der Waals surface area contributed by atoms with Crippen molar-refractivity contribution in [1.29, 1.82) is 0 Å². The average Bonchev–Trinajstić information content (AvgIpc) is 2.92. The minimum atomic E-state index is -1.12. The Morgan fingerprint density at radius 1 is 1.42 bits per heavy atom. The van der Waals surface area contributed by atoms with E-state index in [2.05, 4.69) is 4.98 Å². The van der Waals surface area contributed by atoms with E-state index in [-0.39, 0.29) is 6.61 Å². The second kappa shape index (κ2) is 4.58. The fourth-order valence-electron chi connectivity index (χ4n) is 2.42. The van der Waals surface area contributed by atoms with E-state index in [9.17, 15) is 10.2 Å². The number of hydrogen-bond acceptors (Lipinski definition) is 7. The second-order valence-corrected chi connectivity index (χ2v) is 4.70. The van der Waals surface area contributed by atoms with Gasteiger partial charge in [0.1, 0.15) is 18.3 Å². The van der Waals surface area contributed by atoms with Gasteiger partial charge in [0, 0.05) is 6.20 Å². The number of nitrogens with two attached hydrogens (primary N) is 1. The van der Waals surface area contributed by atoms with Gasteiger partial charge in [0.25, 0.3) is 0 Å². The highest BCUT2D eigenvalue weighted by Crippen LogP contribution is 2.32. The van der Waals surface area contributed by atoms with Crippen LogP contribution >= 0.6 is 0 Å². The highest BCUT2D eigenvalue weighted by Gasteiger charge is 2.44. The van der Waals surface area contributed by atoms with Crippen molar-refractivity contribution >= 4 is 6.08 Å². The smallest absolute Gasteiger partial charge is 0.164 e.